The quantitative estimate of drug-likeness (QED) is 0.494. The van der Waals surface area contributed by atoms with E-state index < -0.39 is 10.5 Å². The number of hydrogen-bond donors (Lipinski definition) is 0. The molecule has 0 amide bonds. The molecule has 0 fully saturated rings. The number of nitrogens with zero attached hydrogens (tertiary/aromatic N) is 1. The summed E-state index contributed by atoms with van der Waals surface area (Å²) in [5.74, 6) is 0.224. The predicted molar refractivity (Wildman–Crippen MR) is 80.0 cm³/mol. The molecule has 0 saturated carbocycles. The molecular formula is C16H15NO5. The van der Waals surface area contributed by atoms with Crippen LogP contribution in [0.15, 0.2) is 30.3 Å². The Bertz CT molecular complexity index is 785. The van der Waals surface area contributed by atoms with Crippen LogP contribution in [-0.4, -0.2) is 23.6 Å². The SMILES string of the molecule is COC(=O)CC1(C)Cc2c(ccc3cccc([N+](=O)[O-])c23)O1. The van der Waals surface area contributed by atoms with Crippen LogP contribution < -0.4 is 4.74 Å². The fourth-order valence-corrected chi connectivity index (χ4v) is 2.99. The van der Waals surface area contributed by atoms with Crippen molar-refractivity contribution in [1.82, 2.24) is 0 Å². The zero-order valence-electron chi connectivity index (χ0n) is 12.3. The number of nitro groups is 1. The third-order valence-electron chi connectivity index (χ3n) is 3.94. The van der Waals surface area contributed by atoms with E-state index >= 15 is 0 Å². The molecule has 6 heteroatoms. The van der Waals surface area contributed by atoms with Gasteiger partial charge in [0, 0.05) is 18.1 Å². The average molecular weight is 301 g/mol. The van der Waals surface area contributed by atoms with Crippen molar-refractivity contribution in [3.63, 3.8) is 0 Å². The third-order valence-corrected chi connectivity index (χ3v) is 3.94. The van der Waals surface area contributed by atoms with Gasteiger partial charge in [-0.1, -0.05) is 18.2 Å². The summed E-state index contributed by atoms with van der Waals surface area (Å²) in [4.78, 5) is 22.5. The second-order valence-electron chi connectivity index (χ2n) is 5.66. The number of carbonyl (C=O) groups excluding carboxylic acids is 1. The lowest BCUT2D eigenvalue weighted by Crippen LogP contribution is -2.33. The van der Waals surface area contributed by atoms with Crippen molar-refractivity contribution >= 4 is 22.4 Å². The van der Waals surface area contributed by atoms with Gasteiger partial charge in [0.05, 0.1) is 23.8 Å². The highest BCUT2D eigenvalue weighted by Crippen LogP contribution is 2.43. The van der Waals surface area contributed by atoms with Crippen molar-refractivity contribution in [1.29, 1.82) is 0 Å². The lowest BCUT2D eigenvalue weighted by molar-refractivity contribution is -0.383. The zero-order valence-corrected chi connectivity index (χ0v) is 12.3. The fraction of sp³-hybridized carbons (Fsp3) is 0.312. The molecule has 2 aromatic rings. The number of rotatable bonds is 3. The van der Waals surface area contributed by atoms with Crippen LogP contribution in [0.5, 0.6) is 5.75 Å². The Morgan fingerprint density at radius 2 is 2.18 bits per heavy atom. The lowest BCUT2D eigenvalue weighted by Gasteiger charge is -2.22. The highest BCUT2D eigenvalue weighted by atomic mass is 16.6. The topological polar surface area (TPSA) is 78.7 Å². The number of nitro benzene ring substituents is 1. The van der Waals surface area contributed by atoms with E-state index in [9.17, 15) is 14.9 Å². The fourth-order valence-electron chi connectivity index (χ4n) is 2.99. The molecule has 0 N–H and O–H groups in total. The average Bonchev–Trinajstić information content (AvgIpc) is 2.82. The molecule has 1 atom stereocenters. The first-order chi connectivity index (χ1) is 10.4. The minimum absolute atomic E-state index is 0.0558. The molecule has 0 radical (unpaired) electrons. The number of hydrogen-bond acceptors (Lipinski definition) is 5. The largest absolute Gasteiger partial charge is 0.486 e. The summed E-state index contributed by atoms with van der Waals surface area (Å²) in [7, 11) is 1.33. The summed E-state index contributed by atoms with van der Waals surface area (Å²) in [5.41, 5.74) is 0.0874. The van der Waals surface area contributed by atoms with Gasteiger partial charge in [-0.25, -0.2) is 0 Å². The van der Waals surface area contributed by atoms with Crippen molar-refractivity contribution in [2.45, 2.75) is 25.4 Å². The Kier molecular flexibility index (Phi) is 3.24. The van der Waals surface area contributed by atoms with Crippen LogP contribution in [0.2, 0.25) is 0 Å². The molecule has 0 spiro atoms. The predicted octanol–water partition coefficient (Wildman–Crippen LogP) is 3.00. The van der Waals surface area contributed by atoms with Crippen LogP contribution in [0.1, 0.15) is 18.9 Å². The van der Waals surface area contributed by atoms with Crippen LogP contribution in [0, 0.1) is 10.1 Å². The van der Waals surface area contributed by atoms with Crippen molar-refractivity contribution in [3.05, 3.63) is 46.0 Å². The molecule has 0 bridgehead atoms. The molecule has 0 saturated heterocycles. The molecule has 1 unspecified atom stereocenters. The van der Waals surface area contributed by atoms with Gasteiger partial charge in [0.1, 0.15) is 11.4 Å². The molecule has 1 heterocycles. The number of esters is 1. The van der Waals surface area contributed by atoms with Gasteiger partial charge in [0.25, 0.3) is 5.69 Å². The van der Waals surface area contributed by atoms with E-state index in [1.165, 1.54) is 13.2 Å². The molecule has 22 heavy (non-hydrogen) atoms. The van der Waals surface area contributed by atoms with Gasteiger partial charge in [0.2, 0.25) is 0 Å². The first-order valence-corrected chi connectivity index (χ1v) is 6.88. The summed E-state index contributed by atoms with van der Waals surface area (Å²) in [6, 6.07) is 8.57. The first kappa shape index (κ1) is 14.3. The Morgan fingerprint density at radius 1 is 1.41 bits per heavy atom. The van der Waals surface area contributed by atoms with Gasteiger partial charge in [-0.3, -0.25) is 14.9 Å². The summed E-state index contributed by atoms with van der Waals surface area (Å²) >= 11 is 0. The van der Waals surface area contributed by atoms with E-state index in [0.29, 0.717) is 17.6 Å². The number of fused-ring (bicyclic) bond motifs is 3. The van der Waals surface area contributed by atoms with Gasteiger partial charge in [-0.15, -0.1) is 0 Å². The summed E-state index contributed by atoms with van der Waals surface area (Å²) < 4.78 is 10.6. The molecule has 0 aliphatic carbocycles. The number of carbonyl (C=O) groups is 1. The standard InChI is InChI=1S/C16H15NO5/c1-16(9-14(18)21-2)8-11-13(22-16)7-6-10-4-3-5-12(15(10)11)17(19)20/h3-7H,8-9H2,1-2H3. The monoisotopic (exact) mass is 301 g/mol. The van der Waals surface area contributed by atoms with Gasteiger partial charge in [-0.05, 0) is 18.4 Å². The highest BCUT2D eigenvalue weighted by Gasteiger charge is 2.39. The van der Waals surface area contributed by atoms with Crippen LogP contribution in [0.25, 0.3) is 10.8 Å². The molecule has 1 aliphatic heterocycles. The number of methoxy groups -OCH3 is 1. The molecule has 114 valence electrons. The second kappa shape index (κ2) is 4.98. The first-order valence-electron chi connectivity index (χ1n) is 6.88. The number of ether oxygens (including phenoxy) is 2. The maximum absolute atomic E-state index is 11.6. The van der Waals surface area contributed by atoms with Crippen molar-refractivity contribution in [2.75, 3.05) is 7.11 Å². The summed E-state index contributed by atoms with van der Waals surface area (Å²) in [6.07, 6.45) is 0.528. The van der Waals surface area contributed by atoms with Crippen molar-refractivity contribution in [2.24, 2.45) is 0 Å². The molecule has 2 aromatic carbocycles. The zero-order chi connectivity index (χ0) is 15.9. The minimum atomic E-state index is -0.743. The lowest BCUT2D eigenvalue weighted by atomic mass is 9.92. The smallest absolute Gasteiger partial charge is 0.309 e. The maximum Gasteiger partial charge on any atom is 0.309 e. The molecule has 1 aliphatic rings. The Labute approximate surface area is 126 Å². The van der Waals surface area contributed by atoms with E-state index in [0.717, 1.165) is 10.9 Å². The van der Waals surface area contributed by atoms with Gasteiger partial charge >= 0.3 is 5.97 Å². The van der Waals surface area contributed by atoms with Gasteiger partial charge < -0.3 is 9.47 Å². The van der Waals surface area contributed by atoms with E-state index in [1.54, 1.807) is 18.2 Å². The maximum atomic E-state index is 11.6. The third kappa shape index (κ3) is 2.26. The molecule has 3 rings (SSSR count). The highest BCUT2D eigenvalue weighted by molar-refractivity contribution is 5.96. The van der Waals surface area contributed by atoms with Crippen molar-refractivity contribution < 1.29 is 19.2 Å². The normalized spacial score (nSPS) is 19.5. The summed E-state index contributed by atoms with van der Waals surface area (Å²) in [6.45, 7) is 1.81. The van der Waals surface area contributed by atoms with Gasteiger partial charge in [-0.2, -0.15) is 0 Å². The minimum Gasteiger partial charge on any atom is -0.486 e. The molecular weight excluding hydrogens is 286 g/mol. The summed E-state index contributed by atoms with van der Waals surface area (Å²) in [5, 5.41) is 12.7. The molecule has 0 aromatic heterocycles. The molecule has 6 nitrogen and oxygen atoms in total. The Balaban J connectivity index is 2.11. The van der Waals surface area contributed by atoms with Crippen molar-refractivity contribution in [3.8, 4) is 5.75 Å². The number of non-ortho nitro benzene ring substituents is 1. The Morgan fingerprint density at radius 3 is 2.86 bits per heavy atom. The second-order valence-corrected chi connectivity index (χ2v) is 5.66. The van der Waals surface area contributed by atoms with E-state index in [1.807, 2.05) is 13.0 Å². The van der Waals surface area contributed by atoms with Crippen LogP contribution in [0.4, 0.5) is 5.69 Å². The van der Waals surface area contributed by atoms with E-state index in [2.05, 4.69) is 0 Å². The van der Waals surface area contributed by atoms with Crippen LogP contribution in [0.3, 0.4) is 0 Å². The number of benzene rings is 2. The van der Waals surface area contributed by atoms with Crippen LogP contribution >= 0.6 is 0 Å². The Hall–Kier alpha value is -2.63. The van der Waals surface area contributed by atoms with E-state index in [4.69, 9.17) is 9.47 Å². The van der Waals surface area contributed by atoms with Crippen LogP contribution in [-0.2, 0) is 16.0 Å². The van der Waals surface area contributed by atoms with Gasteiger partial charge in [0.15, 0.2) is 0 Å². The van der Waals surface area contributed by atoms with E-state index in [-0.39, 0.29) is 18.1 Å².